The van der Waals surface area contributed by atoms with E-state index in [2.05, 4.69) is 26.6 Å². The van der Waals surface area contributed by atoms with Gasteiger partial charge < -0.3 is 20.5 Å². The number of urea groups is 1. The van der Waals surface area contributed by atoms with Crippen LogP contribution >= 0.6 is 15.9 Å². The minimum Gasteiger partial charge on any atom is -0.495 e. The van der Waals surface area contributed by atoms with Crippen molar-refractivity contribution in [1.29, 1.82) is 0 Å². The van der Waals surface area contributed by atoms with Crippen molar-refractivity contribution in [2.75, 3.05) is 19.0 Å². The molecule has 1 aromatic carbocycles. The van der Waals surface area contributed by atoms with Crippen molar-refractivity contribution < 1.29 is 14.6 Å². The lowest BCUT2D eigenvalue weighted by atomic mass is 10.1. The molecule has 6 heteroatoms. The standard InChI is InChI=1S/C13H19BrN2O3/c1-8(7-17)9(2)15-13(18)16-11-6-10(14)4-5-12(11)19-3/h4-6,8-9,17H,7H2,1-3H3,(H2,15,16,18). The molecule has 0 aromatic heterocycles. The number of aliphatic hydroxyl groups excluding tert-OH is 1. The molecule has 1 rings (SSSR count). The highest BCUT2D eigenvalue weighted by atomic mass is 79.9. The number of hydrogen-bond donors (Lipinski definition) is 3. The number of hydrogen-bond acceptors (Lipinski definition) is 3. The van der Waals surface area contributed by atoms with Crippen molar-refractivity contribution in [3.63, 3.8) is 0 Å². The van der Waals surface area contributed by atoms with E-state index >= 15 is 0 Å². The number of methoxy groups -OCH3 is 1. The van der Waals surface area contributed by atoms with Crippen LogP contribution in [0.4, 0.5) is 10.5 Å². The molecule has 0 saturated heterocycles. The third kappa shape index (κ3) is 4.72. The van der Waals surface area contributed by atoms with Crippen LogP contribution in [0.5, 0.6) is 5.75 Å². The summed E-state index contributed by atoms with van der Waals surface area (Å²) in [7, 11) is 1.54. The molecule has 106 valence electrons. The zero-order chi connectivity index (χ0) is 14.4. The van der Waals surface area contributed by atoms with Crippen molar-refractivity contribution >= 4 is 27.6 Å². The lowest BCUT2D eigenvalue weighted by Crippen LogP contribution is -2.40. The van der Waals surface area contributed by atoms with Crippen molar-refractivity contribution in [1.82, 2.24) is 5.32 Å². The quantitative estimate of drug-likeness (QED) is 0.777. The minimum atomic E-state index is -0.329. The summed E-state index contributed by atoms with van der Waals surface area (Å²) >= 11 is 3.34. The Kier molecular flexibility index (Phi) is 6.11. The van der Waals surface area contributed by atoms with Gasteiger partial charge in [0.05, 0.1) is 12.8 Å². The third-order valence-corrected chi connectivity index (χ3v) is 3.40. The molecule has 1 aromatic rings. The van der Waals surface area contributed by atoms with Crippen LogP contribution in [0.2, 0.25) is 0 Å². The number of carbonyl (C=O) groups is 1. The van der Waals surface area contributed by atoms with Gasteiger partial charge in [-0.25, -0.2) is 4.79 Å². The molecule has 19 heavy (non-hydrogen) atoms. The lowest BCUT2D eigenvalue weighted by molar-refractivity contribution is 0.204. The Hall–Kier alpha value is -1.27. The summed E-state index contributed by atoms with van der Waals surface area (Å²) in [4.78, 5) is 11.8. The molecule has 0 saturated carbocycles. The number of amides is 2. The van der Waals surface area contributed by atoms with Crippen LogP contribution in [-0.4, -0.2) is 30.9 Å². The highest BCUT2D eigenvalue weighted by Crippen LogP contribution is 2.27. The monoisotopic (exact) mass is 330 g/mol. The van der Waals surface area contributed by atoms with Crippen molar-refractivity contribution in [2.24, 2.45) is 5.92 Å². The topological polar surface area (TPSA) is 70.6 Å². The van der Waals surface area contributed by atoms with Gasteiger partial charge in [0.15, 0.2) is 0 Å². The molecule has 0 bridgehead atoms. The number of rotatable bonds is 5. The van der Waals surface area contributed by atoms with Gasteiger partial charge >= 0.3 is 6.03 Å². The van der Waals surface area contributed by atoms with E-state index < -0.39 is 0 Å². The molecular formula is C13H19BrN2O3. The van der Waals surface area contributed by atoms with Gasteiger partial charge in [0.1, 0.15) is 5.75 Å². The molecular weight excluding hydrogens is 312 g/mol. The van der Waals surface area contributed by atoms with Crippen molar-refractivity contribution in [3.05, 3.63) is 22.7 Å². The highest BCUT2D eigenvalue weighted by Gasteiger charge is 2.15. The molecule has 2 atom stereocenters. The Balaban J connectivity index is 2.69. The molecule has 2 unspecified atom stereocenters. The second-order valence-electron chi connectivity index (χ2n) is 4.39. The Morgan fingerprint density at radius 3 is 2.74 bits per heavy atom. The maximum absolute atomic E-state index is 11.8. The normalized spacial score (nSPS) is 13.5. The van der Waals surface area contributed by atoms with Gasteiger partial charge in [-0.1, -0.05) is 22.9 Å². The average Bonchev–Trinajstić information content (AvgIpc) is 2.37. The summed E-state index contributed by atoms with van der Waals surface area (Å²) in [5.74, 6) is 0.580. The van der Waals surface area contributed by atoms with Gasteiger partial charge in [-0.05, 0) is 31.0 Å². The number of halogens is 1. The number of benzene rings is 1. The summed E-state index contributed by atoms with van der Waals surface area (Å²) < 4.78 is 6.02. The fourth-order valence-corrected chi connectivity index (χ4v) is 1.80. The molecule has 0 aliphatic rings. The van der Waals surface area contributed by atoms with E-state index in [1.165, 1.54) is 0 Å². The number of nitrogens with one attached hydrogen (secondary N) is 2. The third-order valence-electron chi connectivity index (χ3n) is 2.91. The number of aliphatic hydroxyl groups is 1. The van der Waals surface area contributed by atoms with E-state index in [4.69, 9.17) is 9.84 Å². The first-order valence-electron chi connectivity index (χ1n) is 5.99. The highest BCUT2D eigenvalue weighted by molar-refractivity contribution is 9.10. The number of ether oxygens (including phenoxy) is 1. The summed E-state index contributed by atoms with van der Waals surface area (Å²) in [5, 5.41) is 14.5. The van der Waals surface area contributed by atoms with Crippen LogP contribution < -0.4 is 15.4 Å². The second-order valence-corrected chi connectivity index (χ2v) is 5.31. The Morgan fingerprint density at radius 2 is 2.16 bits per heavy atom. The second kappa shape index (κ2) is 7.35. The number of carbonyl (C=O) groups excluding carboxylic acids is 1. The first-order valence-corrected chi connectivity index (χ1v) is 6.79. The van der Waals surface area contributed by atoms with Crippen molar-refractivity contribution in [3.8, 4) is 5.75 Å². The van der Waals surface area contributed by atoms with Gasteiger partial charge in [-0.15, -0.1) is 0 Å². The molecule has 0 aliphatic carbocycles. The van der Waals surface area contributed by atoms with E-state index in [1.54, 1.807) is 19.2 Å². The Labute approximate surface area is 121 Å². The van der Waals surface area contributed by atoms with Crippen LogP contribution in [0.15, 0.2) is 22.7 Å². The van der Waals surface area contributed by atoms with E-state index in [9.17, 15) is 4.79 Å². The van der Waals surface area contributed by atoms with Gasteiger partial charge in [0.2, 0.25) is 0 Å². The lowest BCUT2D eigenvalue weighted by Gasteiger charge is -2.20. The molecule has 0 heterocycles. The zero-order valence-corrected chi connectivity index (χ0v) is 12.8. The van der Waals surface area contributed by atoms with Crippen LogP contribution in [0.25, 0.3) is 0 Å². The summed E-state index contributed by atoms with van der Waals surface area (Å²) in [5.41, 5.74) is 0.582. The van der Waals surface area contributed by atoms with Gasteiger partial charge in [0.25, 0.3) is 0 Å². The summed E-state index contributed by atoms with van der Waals surface area (Å²) in [6, 6.07) is 4.91. The SMILES string of the molecule is COc1ccc(Br)cc1NC(=O)NC(C)C(C)CO. The molecule has 0 aliphatic heterocycles. The van der Waals surface area contributed by atoms with Crippen LogP contribution in [0.1, 0.15) is 13.8 Å². The first kappa shape index (κ1) is 15.8. The van der Waals surface area contributed by atoms with Crippen LogP contribution in [0.3, 0.4) is 0 Å². The van der Waals surface area contributed by atoms with Gasteiger partial charge in [-0.2, -0.15) is 0 Å². The predicted octanol–water partition coefficient (Wildman–Crippen LogP) is 2.60. The average molecular weight is 331 g/mol. The molecule has 5 nitrogen and oxygen atoms in total. The molecule has 3 N–H and O–H groups in total. The Bertz CT molecular complexity index is 440. The first-order chi connectivity index (χ1) is 8.97. The molecule has 0 radical (unpaired) electrons. The zero-order valence-electron chi connectivity index (χ0n) is 11.2. The molecule has 0 fully saturated rings. The van der Waals surface area contributed by atoms with Crippen molar-refractivity contribution in [2.45, 2.75) is 19.9 Å². The maximum Gasteiger partial charge on any atom is 0.319 e. The van der Waals surface area contributed by atoms with E-state index in [1.807, 2.05) is 19.9 Å². The van der Waals surface area contributed by atoms with Crippen LogP contribution in [-0.2, 0) is 0 Å². The Morgan fingerprint density at radius 1 is 1.47 bits per heavy atom. The fourth-order valence-electron chi connectivity index (χ4n) is 1.44. The summed E-state index contributed by atoms with van der Waals surface area (Å²) in [6.07, 6.45) is 0. The van der Waals surface area contributed by atoms with E-state index in [0.29, 0.717) is 11.4 Å². The summed E-state index contributed by atoms with van der Waals surface area (Å²) in [6.45, 7) is 3.74. The maximum atomic E-state index is 11.8. The fraction of sp³-hybridized carbons (Fsp3) is 0.462. The largest absolute Gasteiger partial charge is 0.495 e. The predicted molar refractivity (Wildman–Crippen MR) is 78.6 cm³/mol. The molecule has 0 spiro atoms. The minimum absolute atomic E-state index is 0.00449. The van der Waals surface area contributed by atoms with Gasteiger partial charge in [-0.3, -0.25) is 0 Å². The smallest absolute Gasteiger partial charge is 0.319 e. The van der Waals surface area contributed by atoms with Crippen LogP contribution in [0, 0.1) is 5.92 Å². The van der Waals surface area contributed by atoms with Gasteiger partial charge in [0, 0.05) is 17.1 Å². The molecule has 2 amide bonds. The number of anilines is 1. The van der Waals surface area contributed by atoms with E-state index in [-0.39, 0.29) is 24.6 Å². The van der Waals surface area contributed by atoms with E-state index in [0.717, 1.165) is 4.47 Å².